The van der Waals surface area contributed by atoms with E-state index in [4.69, 9.17) is 4.74 Å². The molecule has 2 unspecified atom stereocenters. The Hall–Kier alpha value is -5.37. The predicted molar refractivity (Wildman–Crippen MR) is 171 cm³/mol. The summed E-state index contributed by atoms with van der Waals surface area (Å²) in [4.78, 5) is 13.8. The lowest BCUT2D eigenvalue weighted by atomic mass is 9.49. The maximum absolute atomic E-state index is 13.8. The van der Waals surface area contributed by atoms with E-state index in [1.54, 1.807) is 13.8 Å². The second-order valence-electron chi connectivity index (χ2n) is 12.3. The lowest BCUT2D eigenvalue weighted by Gasteiger charge is -2.51. The smallest absolute Gasteiger partial charge is 0.310 e. The zero-order valence-electron chi connectivity index (χ0n) is 25.0. The van der Waals surface area contributed by atoms with E-state index >= 15 is 0 Å². The highest BCUT2D eigenvalue weighted by atomic mass is 16.5. The van der Waals surface area contributed by atoms with Gasteiger partial charge in [0.1, 0.15) is 0 Å². The van der Waals surface area contributed by atoms with E-state index in [1.165, 1.54) is 9.13 Å². The first-order chi connectivity index (χ1) is 21.7. The molecule has 4 N–H and O–H groups in total. The van der Waals surface area contributed by atoms with Crippen LogP contribution in [-0.2, 0) is 14.9 Å². The van der Waals surface area contributed by atoms with E-state index in [0.29, 0.717) is 33.6 Å². The minimum absolute atomic E-state index is 0.158. The highest BCUT2D eigenvalue weighted by Gasteiger charge is 2.65. The summed E-state index contributed by atoms with van der Waals surface area (Å²) in [5.41, 5.74) is 1.29. The number of ether oxygens (including phenoxy) is 1. The van der Waals surface area contributed by atoms with Crippen molar-refractivity contribution in [2.45, 2.75) is 32.1 Å². The fourth-order valence-electron chi connectivity index (χ4n) is 8.51. The Kier molecular flexibility index (Phi) is 5.63. The van der Waals surface area contributed by atoms with E-state index in [-0.39, 0.29) is 30.1 Å². The van der Waals surface area contributed by atoms with Gasteiger partial charge in [-0.05, 0) is 35.7 Å². The third-order valence-corrected chi connectivity index (χ3v) is 10.2. The van der Waals surface area contributed by atoms with Gasteiger partial charge in [-0.3, -0.25) is 13.9 Å². The molecule has 0 saturated carbocycles. The minimum atomic E-state index is -1.38. The van der Waals surface area contributed by atoms with E-state index in [0.717, 1.165) is 21.5 Å². The van der Waals surface area contributed by atoms with Gasteiger partial charge in [0.15, 0.2) is 0 Å². The van der Waals surface area contributed by atoms with Gasteiger partial charge >= 0.3 is 5.97 Å². The number of rotatable bonds is 4. The summed E-state index contributed by atoms with van der Waals surface area (Å²) >= 11 is 0. The van der Waals surface area contributed by atoms with Gasteiger partial charge in [-0.15, -0.1) is 0 Å². The number of hydrogen-bond donors (Lipinski definition) is 4. The monoisotopic (exact) mass is 600 g/mol. The van der Waals surface area contributed by atoms with Gasteiger partial charge in [-0.2, -0.15) is 0 Å². The van der Waals surface area contributed by atoms with Crippen molar-refractivity contribution in [2.75, 3.05) is 6.61 Å². The number of hydrogen-bond acceptors (Lipinski definition) is 6. The van der Waals surface area contributed by atoms with Crippen LogP contribution in [0, 0.1) is 11.8 Å². The van der Waals surface area contributed by atoms with Crippen LogP contribution in [0.25, 0.3) is 32.9 Å². The Labute approximate surface area is 259 Å². The van der Waals surface area contributed by atoms with Crippen LogP contribution in [0.1, 0.15) is 48.9 Å². The average molecular weight is 601 g/mol. The zero-order valence-corrected chi connectivity index (χ0v) is 25.0. The Bertz CT molecular complexity index is 2060. The maximum atomic E-state index is 13.8. The topological polar surface area (TPSA) is 117 Å². The zero-order chi connectivity index (χ0) is 31.4. The largest absolute Gasteiger partial charge is 0.494 e. The number of aromatic hydroxyl groups is 4. The molecule has 0 saturated heterocycles. The molecule has 0 aliphatic heterocycles. The number of fused-ring (bicyclic) bond motifs is 3. The molecule has 45 heavy (non-hydrogen) atoms. The molecule has 8 heteroatoms. The van der Waals surface area contributed by atoms with Crippen LogP contribution in [0.15, 0.2) is 84.9 Å². The molecule has 3 aliphatic rings. The van der Waals surface area contributed by atoms with Gasteiger partial charge in [-0.1, -0.05) is 86.6 Å². The summed E-state index contributed by atoms with van der Waals surface area (Å²) in [7, 11) is 0. The summed E-state index contributed by atoms with van der Waals surface area (Å²) in [5, 5.41) is 51.8. The van der Waals surface area contributed by atoms with Crippen LogP contribution < -0.4 is 0 Å². The summed E-state index contributed by atoms with van der Waals surface area (Å²) in [6.45, 7) is 5.58. The number of esters is 1. The van der Waals surface area contributed by atoms with Crippen LogP contribution in [0.2, 0.25) is 0 Å². The summed E-state index contributed by atoms with van der Waals surface area (Å²) in [5.74, 6) is -3.30. The second-order valence-corrected chi connectivity index (χ2v) is 12.3. The van der Waals surface area contributed by atoms with E-state index in [1.807, 2.05) is 91.9 Å². The van der Waals surface area contributed by atoms with Crippen molar-refractivity contribution in [3.63, 3.8) is 0 Å². The average Bonchev–Trinajstić information content (AvgIpc) is 3.46. The van der Waals surface area contributed by atoms with Crippen molar-refractivity contribution in [1.82, 2.24) is 9.13 Å². The lowest BCUT2D eigenvalue weighted by Crippen LogP contribution is -2.52. The van der Waals surface area contributed by atoms with Crippen LogP contribution >= 0.6 is 0 Å². The first-order valence-electron chi connectivity index (χ1n) is 15.2. The Morgan fingerprint density at radius 3 is 1.62 bits per heavy atom. The molecular formula is C37H32N2O6. The first-order valence-corrected chi connectivity index (χ1v) is 15.2. The van der Waals surface area contributed by atoms with Crippen molar-refractivity contribution in [3.05, 3.63) is 107 Å². The minimum Gasteiger partial charge on any atom is -0.494 e. The number of benzene rings is 4. The third kappa shape index (κ3) is 3.28. The third-order valence-electron chi connectivity index (χ3n) is 10.2. The van der Waals surface area contributed by atoms with Gasteiger partial charge in [-0.25, -0.2) is 0 Å². The molecule has 226 valence electrons. The molecule has 2 atom stereocenters. The van der Waals surface area contributed by atoms with Crippen LogP contribution in [0.5, 0.6) is 23.5 Å². The molecule has 8 nitrogen and oxygen atoms in total. The summed E-state index contributed by atoms with van der Waals surface area (Å²) in [6.07, 6.45) is 0. The SMILES string of the molecule is CCOC(=O)C1C(C)C2c3c(c(O)n(-c4cccc5ccccc45)c3O)C1(C)c1c2c(O)n(-c2cccc3ccccc23)c1O. The normalized spacial score (nSPS) is 21.6. The van der Waals surface area contributed by atoms with E-state index in [9.17, 15) is 25.2 Å². The number of nitrogens with zero attached hydrogens (tertiary/aromatic N) is 2. The fourth-order valence-corrected chi connectivity index (χ4v) is 8.51. The summed E-state index contributed by atoms with van der Waals surface area (Å²) < 4.78 is 8.43. The Balaban J connectivity index is 1.46. The maximum Gasteiger partial charge on any atom is 0.310 e. The van der Waals surface area contributed by atoms with Gasteiger partial charge in [0.25, 0.3) is 0 Å². The first kappa shape index (κ1) is 27.2. The van der Waals surface area contributed by atoms with Gasteiger partial charge in [0.05, 0.1) is 23.9 Å². The molecule has 0 radical (unpaired) electrons. The molecule has 2 bridgehead atoms. The number of aromatic nitrogens is 2. The highest BCUT2D eigenvalue weighted by molar-refractivity contribution is 5.93. The molecule has 6 aromatic rings. The predicted octanol–water partition coefficient (Wildman–Crippen LogP) is 6.98. The lowest BCUT2D eigenvalue weighted by molar-refractivity contribution is -0.153. The molecule has 3 aliphatic carbocycles. The molecule has 2 heterocycles. The van der Waals surface area contributed by atoms with Crippen molar-refractivity contribution < 1.29 is 30.0 Å². The van der Waals surface area contributed by atoms with Crippen LogP contribution in [0.4, 0.5) is 0 Å². The van der Waals surface area contributed by atoms with Crippen molar-refractivity contribution >= 4 is 27.5 Å². The molecule has 0 amide bonds. The van der Waals surface area contributed by atoms with E-state index in [2.05, 4.69) is 0 Å². The molecular weight excluding hydrogens is 568 g/mol. The van der Waals surface area contributed by atoms with E-state index < -0.39 is 29.1 Å². The fraction of sp³-hybridized carbons (Fsp3) is 0.216. The van der Waals surface area contributed by atoms with Gasteiger partial charge in [0, 0.05) is 44.4 Å². The molecule has 0 spiro atoms. The molecule has 9 rings (SSSR count). The van der Waals surface area contributed by atoms with Crippen molar-refractivity contribution in [1.29, 1.82) is 0 Å². The highest BCUT2D eigenvalue weighted by Crippen LogP contribution is 2.70. The molecule has 0 fully saturated rings. The Morgan fingerprint density at radius 2 is 1.16 bits per heavy atom. The number of carbonyl (C=O) groups excluding carboxylic acids is 1. The quantitative estimate of drug-likeness (QED) is 0.162. The van der Waals surface area contributed by atoms with Crippen molar-refractivity contribution in [3.8, 4) is 34.9 Å². The second kappa shape index (κ2) is 9.32. The van der Waals surface area contributed by atoms with Gasteiger partial charge < -0.3 is 25.2 Å². The standard InChI is InChI=1S/C37H32N2O6/c1-4-45-36(44)29-19(2)26-27-30(34(42)38(32(27)40)24-17-9-13-20-11-5-7-15-22(20)24)37(29,3)31-28(26)33(41)39(35(31)43)25-18-10-14-21-12-6-8-16-23(21)25/h5-19,26,29,40-43H,4H2,1-3H3. The molecule has 2 aromatic heterocycles. The Morgan fingerprint density at radius 1 is 0.711 bits per heavy atom. The summed E-state index contributed by atoms with van der Waals surface area (Å²) in [6, 6.07) is 26.7. The van der Waals surface area contributed by atoms with Crippen LogP contribution in [-0.4, -0.2) is 42.1 Å². The molecule has 4 aromatic carbocycles. The van der Waals surface area contributed by atoms with Crippen molar-refractivity contribution in [2.24, 2.45) is 11.8 Å². The van der Waals surface area contributed by atoms with Crippen LogP contribution in [0.3, 0.4) is 0 Å². The van der Waals surface area contributed by atoms with Gasteiger partial charge in [0.2, 0.25) is 23.5 Å². The number of carbonyl (C=O) groups is 1.